The Balaban J connectivity index is 1.86. The zero-order chi connectivity index (χ0) is 29.4. The van der Waals surface area contributed by atoms with Crippen molar-refractivity contribution in [3.63, 3.8) is 0 Å². The number of carbonyl (C=O) groups excluding carboxylic acids is 4. The lowest BCUT2D eigenvalue weighted by atomic mass is 9.91. The SMILES string of the molecule is C=C(C)C(=O)OCC(O)COC(=O)c1c2ccccc2c(C(=O)OCC(O)COC(=O)C(=C)C)c2ccccc12. The molecule has 0 heterocycles. The van der Waals surface area contributed by atoms with Crippen LogP contribution in [0.5, 0.6) is 0 Å². The molecule has 0 saturated heterocycles. The number of fused-ring (bicyclic) bond motifs is 2. The van der Waals surface area contributed by atoms with Crippen molar-refractivity contribution in [2.75, 3.05) is 26.4 Å². The van der Waals surface area contributed by atoms with Gasteiger partial charge in [0, 0.05) is 11.1 Å². The molecule has 3 rings (SSSR count). The Morgan fingerprint density at radius 3 is 1.15 bits per heavy atom. The second-order valence-corrected chi connectivity index (χ2v) is 9.10. The molecule has 10 heteroatoms. The topological polar surface area (TPSA) is 146 Å². The van der Waals surface area contributed by atoms with E-state index in [1.807, 2.05) is 0 Å². The maximum Gasteiger partial charge on any atom is 0.339 e. The van der Waals surface area contributed by atoms with E-state index in [1.165, 1.54) is 13.8 Å². The molecule has 0 aliphatic rings. The van der Waals surface area contributed by atoms with Gasteiger partial charge in [-0.3, -0.25) is 0 Å². The number of esters is 4. The van der Waals surface area contributed by atoms with E-state index in [0.29, 0.717) is 21.5 Å². The van der Waals surface area contributed by atoms with Gasteiger partial charge in [-0.15, -0.1) is 0 Å². The molecule has 3 aromatic carbocycles. The smallest absolute Gasteiger partial charge is 0.339 e. The molecule has 2 atom stereocenters. The van der Waals surface area contributed by atoms with Gasteiger partial charge < -0.3 is 29.2 Å². The minimum Gasteiger partial charge on any atom is -0.459 e. The van der Waals surface area contributed by atoms with E-state index in [4.69, 9.17) is 18.9 Å². The number of rotatable bonds is 12. The molecule has 210 valence electrons. The standard InChI is InChI=1S/C30H30O10/c1-17(2)27(33)37-13-19(31)15-39-29(35)25-21-9-5-7-11-23(21)26(24-12-8-6-10-22(24)25)30(36)40-16-20(32)14-38-28(34)18(3)4/h5-12,19-20,31-32H,1,3,13-16H2,2,4H3. The van der Waals surface area contributed by atoms with Gasteiger partial charge in [-0.1, -0.05) is 61.7 Å². The van der Waals surface area contributed by atoms with Crippen molar-refractivity contribution in [3.8, 4) is 0 Å². The fourth-order valence-corrected chi connectivity index (χ4v) is 3.74. The first-order valence-electron chi connectivity index (χ1n) is 12.3. The number of benzene rings is 3. The van der Waals surface area contributed by atoms with Gasteiger partial charge >= 0.3 is 23.9 Å². The predicted molar refractivity (Wildman–Crippen MR) is 146 cm³/mol. The molecule has 3 aromatic rings. The van der Waals surface area contributed by atoms with Crippen LogP contribution < -0.4 is 0 Å². The summed E-state index contributed by atoms with van der Waals surface area (Å²) in [5.41, 5.74) is 0.671. The fourth-order valence-electron chi connectivity index (χ4n) is 3.74. The predicted octanol–water partition coefficient (Wildman–Crippen LogP) is 3.27. The molecular formula is C30H30O10. The molecule has 0 radical (unpaired) electrons. The summed E-state index contributed by atoms with van der Waals surface area (Å²) in [5, 5.41) is 21.8. The molecule has 0 spiro atoms. The molecule has 2 unspecified atom stereocenters. The minimum absolute atomic E-state index is 0.167. The second kappa shape index (κ2) is 13.5. The van der Waals surface area contributed by atoms with Gasteiger partial charge in [0.15, 0.2) is 0 Å². The van der Waals surface area contributed by atoms with Crippen molar-refractivity contribution in [1.82, 2.24) is 0 Å². The highest BCUT2D eigenvalue weighted by Gasteiger charge is 2.25. The van der Waals surface area contributed by atoms with Crippen LogP contribution in [0.4, 0.5) is 0 Å². The third kappa shape index (κ3) is 7.31. The van der Waals surface area contributed by atoms with Gasteiger partial charge in [-0.05, 0) is 35.4 Å². The summed E-state index contributed by atoms with van der Waals surface area (Å²) in [6.45, 7) is 8.19. The Bertz CT molecular complexity index is 1310. The lowest BCUT2D eigenvalue weighted by molar-refractivity contribution is -0.143. The Hall–Kier alpha value is -4.54. The number of hydrogen-bond donors (Lipinski definition) is 2. The first kappa shape index (κ1) is 30.0. The fraction of sp³-hybridized carbons (Fsp3) is 0.267. The molecule has 0 amide bonds. The molecular weight excluding hydrogens is 520 g/mol. The average Bonchev–Trinajstić information content (AvgIpc) is 2.94. The van der Waals surface area contributed by atoms with Gasteiger partial charge in [-0.25, -0.2) is 19.2 Å². The highest BCUT2D eigenvalue weighted by atomic mass is 16.6. The second-order valence-electron chi connectivity index (χ2n) is 9.10. The van der Waals surface area contributed by atoms with Gasteiger partial charge in [0.1, 0.15) is 38.6 Å². The maximum atomic E-state index is 13.2. The summed E-state index contributed by atoms with van der Waals surface area (Å²) in [6.07, 6.45) is -2.53. The van der Waals surface area contributed by atoms with Crippen molar-refractivity contribution in [1.29, 1.82) is 0 Å². The monoisotopic (exact) mass is 550 g/mol. The van der Waals surface area contributed by atoms with Crippen LogP contribution in [0.3, 0.4) is 0 Å². The summed E-state index contributed by atoms with van der Waals surface area (Å²) >= 11 is 0. The van der Waals surface area contributed by atoms with Crippen LogP contribution in [-0.4, -0.2) is 72.7 Å². The number of aliphatic hydroxyl groups is 2. The Morgan fingerprint density at radius 1 is 0.600 bits per heavy atom. The normalized spacial score (nSPS) is 12.3. The quantitative estimate of drug-likeness (QED) is 0.149. The van der Waals surface area contributed by atoms with Crippen molar-refractivity contribution in [2.45, 2.75) is 26.1 Å². The Morgan fingerprint density at radius 2 is 0.875 bits per heavy atom. The summed E-state index contributed by atoms with van der Waals surface area (Å²) in [4.78, 5) is 49.6. The van der Waals surface area contributed by atoms with Crippen LogP contribution >= 0.6 is 0 Å². The van der Waals surface area contributed by atoms with Gasteiger partial charge in [0.05, 0.1) is 11.1 Å². The number of ether oxygens (including phenoxy) is 4. The van der Waals surface area contributed by atoms with Gasteiger partial charge in [0.2, 0.25) is 0 Å². The van der Waals surface area contributed by atoms with E-state index >= 15 is 0 Å². The van der Waals surface area contributed by atoms with Crippen molar-refractivity contribution in [2.24, 2.45) is 0 Å². The molecule has 0 aliphatic heterocycles. The first-order chi connectivity index (χ1) is 19.0. The Kier molecular flexibility index (Phi) is 10.1. The van der Waals surface area contributed by atoms with Crippen molar-refractivity contribution in [3.05, 3.63) is 84.0 Å². The number of carbonyl (C=O) groups is 4. The largest absolute Gasteiger partial charge is 0.459 e. The minimum atomic E-state index is -1.26. The highest BCUT2D eigenvalue weighted by molar-refractivity contribution is 6.24. The summed E-state index contributed by atoms with van der Waals surface area (Å²) in [5.74, 6) is -2.87. The maximum absolute atomic E-state index is 13.2. The van der Waals surface area contributed by atoms with Gasteiger partial charge in [0.25, 0.3) is 0 Å². The zero-order valence-electron chi connectivity index (χ0n) is 22.2. The third-order valence-electron chi connectivity index (χ3n) is 5.66. The van der Waals surface area contributed by atoms with Gasteiger partial charge in [-0.2, -0.15) is 0 Å². The Labute approximate surface area is 230 Å². The average molecular weight is 551 g/mol. The van der Waals surface area contributed by atoms with Crippen LogP contribution in [0.2, 0.25) is 0 Å². The molecule has 40 heavy (non-hydrogen) atoms. The van der Waals surface area contributed by atoms with E-state index in [0.717, 1.165) is 0 Å². The number of aliphatic hydroxyl groups excluding tert-OH is 2. The van der Waals surface area contributed by atoms with Crippen molar-refractivity contribution >= 4 is 45.4 Å². The van der Waals surface area contributed by atoms with Crippen molar-refractivity contribution < 1.29 is 48.3 Å². The number of hydrogen-bond acceptors (Lipinski definition) is 10. The lowest BCUT2D eigenvalue weighted by Gasteiger charge is -2.17. The van der Waals surface area contributed by atoms with E-state index in [2.05, 4.69) is 13.2 Å². The summed E-state index contributed by atoms with van der Waals surface area (Å²) < 4.78 is 20.5. The summed E-state index contributed by atoms with van der Waals surface area (Å²) in [6, 6.07) is 13.3. The molecule has 0 fully saturated rings. The molecule has 0 aliphatic carbocycles. The van der Waals surface area contributed by atoms with E-state index < -0.39 is 49.3 Å². The van der Waals surface area contributed by atoms with Crippen LogP contribution in [0.1, 0.15) is 34.6 Å². The van der Waals surface area contributed by atoms with Crippen LogP contribution in [0, 0.1) is 0 Å². The van der Waals surface area contributed by atoms with Crippen LogP contribution in [-0.2, 0) is 28.5 Å². The van der Waals surface area contributed by atoms with E-state index in [-0.39, 0.29) is 35.5 Å². The molecule has 0 bridgehead atoms. The first-order valence-corrected chi connectivity index (χ1v) is 12.3. The molecule has 0 aromatic heterocycles. The molecule has 10 nitrogen and oxygen atoms in total. The highest BCUT2D eigenvalue weighted by Crippen LogP contribution is 2.34. The summed E-state index contributed by atoms with van der Waals surface area (Å²) in [7, 11) is 0. The van der Waals surface area contributed by atoms with E-state index in [9.17, 15) is 29.4 Å². The van der Waals surface area contributed by atoms with Crippen LogP contribution in [0.15, 0.2) is 72.8 Å². The van der Waals surface area contributed by atoms with Crippen LogP contribution in [0.25, 0.3) is 21.5 Å². The van der Waals surface area contributed by atoms with E-state index in [1.54, 1.807) is 48.5 Å². The lowest BCUT2D eigenvalue weighted by Crippen LogP contribution is -2.26. The molecule has 0 saturated carbocycles. The molecule has 2 N–H and O–H groups in total. The zero-order valence-corrected chi connectivity index (χ0v) is 22.2. The third-order valence-corrected chi connectivity index (χ3v) is 5.66.